The van der Waals surface area contributed by atoms with Crippen molar-refractivity contribution >= 4 is 34.1 Å². The van der Waals surface area contributed by atoms with Crippen LogP contribution in [-0.2, 0) is 4.74 Å². The van der Waals surface area contributed by atoms with E-state index in [1.54, 1.807) is 18.5 Å². The van der Waals surface area contributed by atoms with Crippen molar-refractivity contribution < 1.29 is 14.3 Å². The van der Waals surface area contributed by atoms with Crippen LogP contribution in [0.2, 0.25) is 0 Å². The number of amides is 1. The van der Waals surface area contributed by atoms with Crippen LogP contribution in [0.4, 0.5) is 22.0 Å². The summed E-state index contributed by atoms with van der Waals surface area (Å²) in [5, 5.41) is 16.5. The molecule has 162 valence electrons. The second-order valence-corrected chi connectivity index (χ2v) is 8.06. The summed E-state index contributed by atoms with van der Waals surface area (Å²) < 4.78 is 10.9. The van der Waals surface area contributed by atoms with Crippen LogP contribution in [0.1, 0.15) is 18.4 Å². The number of fused-ring (bicyclic) bond motifs is 2. The van der Waals surface area contributed by atoms with Crippen molar-refractivity contribution in [3.63, 3.8) is 0 Å². The molecule has 1 aliphatic carbocycles. The summed E-state index contributed by atoms with van der Waals surface area (Å²) in [5.74, 6) is 0.940. The molecule has 2 aromatic heterocycles. The van der Waals surface area contributed by atoms with Crippen molar-refractivity contribution in [2.45, 2.75) is 25.9 Å². The molecule has 0 spiro atoms. The maximum Gasteiger partial charge on any atom is 0.413 e. The van der Waals surface area contributed by atoms with Crippen LogP contribution in [0.25, 0.3) is 21.9 Å². The number of nitriles is 1. The number of hydrogen-bond acceptors (Lipinski definition) is 8. The van der Waals surface area contributed by atoms with Crippen molar-refractivity contribution in [1.29, 1.82) is 5.26 Å². The third-order valence-corrected chi connectivity index (χ3v) is 5.91. The van der Waals surface area contributed by atoms with Crippen molar-refractivity contribution in [3.8, 4) is 23.1 Å². The van der Waals surface area contributed by atoms with E-state index in [9.17, 15) is 4.79 Å². The summed E-state index contributed by atoms with van der Waals surface area (Å²) in [6.45, 7) is 3.34. The molecule has 0 unspecified atom stereocenters. The Bertz CT molecular complexity index is 1260. The fourth-order valence-electron chi connectivity index (χ4n) is 4.07. The number of benzene rings is 1. The zero-order valence-electron chi connectivity index (χ0n) is 17.5. The average molecular weight is 430 g/mol. The minimum absolute atomic E-state index is 0.0312. The first-order chi connectivity index (χ1) is 15.5. The van der Waals surface area contributed by atoms with Gasteiger partial charge in [0.2, 0.25) is 5.88 Å². The Morgan fingerprint density at radius 3 is 2.97 bits per heavy atom. The predicted molar refractivity (Wildman–Crippen MR) is 120 cm³/mol. The lowest BCUT2D eigenvalue weighted by Crippen LogP contribution is -2.34. The molecule has 32 heavy (non-hydrogen) atoms. The number of rotatable bonds is 3. The van der Waals surface area contributed by atoms with Gasteiger partial charge in [-0.2, -0.15) is 5.26 Å². The molecule has 4 N–H and O–H groups in total. The maximum absolute atomic E-state index is 12.2. The first-order valence-electron chi connectivity index (χ1n) is 10.4. The third-order valence-electron chi connectivity index (χ3n) is 5.91. The smallest absolute Gasteiger partial charge is 0.413 e. The fraction of sp³-hybridized carbons (Fsp3) is 0.304. The van der Waals surface area contributed by atoms with Crippen LogP contribution in [0.15, 0.2) is 30.6 Å². The first kappa shape index (κ1) is 19.9. The number of ether oxygens (including phenoxy) is 2. The van der Waals surface area contributed by atoms with Gasteiger partial charge in [-0.25, -0.2) is 14.8 Å². The molecule has 1 aliphatic heterocycles. The standard InChI is InChI=1S/C23H22N6O3/c1-12-17(10-28-22-21(12)26-2-3-31-22)14-6-15-8-20(27-11-18(15)19(25)7-14)29-23(30)32-16-4-13(5-16)9-24/h6-8,10-11,13,16,26H,2-5,25H2,1H3,(H,27,29,30). The molecular formula is C23H22N6O3. The van der Waals surface area contributed by atoms with Crippen molar-refractivity contribution in [1.82, 2.24) is 9.97 Å². The highest BCUT2D eigenvalue weighted by atomic mass is 16.6. The molecule has 0 atom stereocenters. The number of hydrogen-bond donors (Lipinski definition) is 3. The quantitative estimate of drug-likeness (QED) is 0.533. The van der Waals surface area contributed by atoms with Crippen LogP contribution in [0, 0.1) is 24.2 Å². The number of nitrogen functional groups attached to an aromatic ring is 1. The van der Waals surface area contributed by atoms with Gasteiger partial charge in [0.25, 0.3) is 0 Å². The van der Waals surface area contributed by atoms with Crippen molar-refractivity contribution in [3.05, 3.63) is 36.2 Å². The van der Waals surface area contributed by atoms with Crippen LogP contribution in [0.3, 0.4) is 0 Å². The van der Waals surface area contributed by atoms with Crippen LogP contribution in [-0.4, -0.2) is 35.3 Å². The molecule has 0 radical (unpaired) electrons. The van der Waals surface area contributed by atoms with Gasteiger partial charge in [0.05, 0.1) is 12.0 Å². The molecule has 0 bridgehead atoms. The van der Waals surface area contributed by atoms with Gasteiger partial charge >= 0.3 is 6.09 Å². The van der Waals surface area contributed by atoms with E-state index in [1.165, 1.54) is 0 Å². The largest absolute Gasteiger partial charge is 0.474 e. The summed E-state index contributed by atoms with van der Waals surface area (Å²) in [5.41, 5.74) is 10.7. The van der Waals surface area contributed by atoms with Crippen LogP contribution >= 0.6 is 0 Å². The van der Waals surface area contributed by atoms with Gasteiger partial charge in [-0.3, -0.25) is 5.32 Å². The van der Waals surface area contributed by atoms with Crippen molar-refractivity contribution in [2.24, 2.45) is 5.92 Å². The highest BCUT2D eigenvalue weighted by Crippen LogP contribution is 2.37. The van der Waals surface area contributed by atoms with Crippen LogP contribution < -0.4 is 21.1 Å². The summed E-state index contributed by atoms with van der Waals surface area (Å²) in [4.78, 5) is 20.9. The number of carbonyl (C=O) groups is 1. The summed E-state index contributed by atoms with van der Waals surface area (Å²) in [6.07, 6.45) is 3.76. The molecule has 9 heteroatoms. The lowest BCUT2D eigenvalue weighted by molar-refractivity contribution is 0.0418. The lowest BCUT2D eigenvalue weighted by atomic mass is 9.84. The van der Waals surface area contributed by atoms with E-state index >= 15 is 0 Å². The summed E-state index contributed by atoms with van der Waals surface area (Å²) in [6, 6.07) is 7.82. The van der Waals surface area contributed by atoms with Gasteiger partial charge in [-0.15, -0.1) is 0 Å². The summed E-state index contributed by atoms with van der Waals surface area (Å²) >= 11 is 0. The molecule has 2 aliphatic rings. The average Bonchev–Trinajstić information content (AvgIpc) is 2.76. The Hall–Kier alpha value is -4.06. The molecule has 1 fully saturated rings. The van der Waals surface area contributed by atoms with Gasteiger partial charge < -0.3 is 20.5 Å². The number of nitrogens with one attached hydrogen (secondary N) is 2. The van der Waals surface area contributed by atoms with E-state index in [0.717, 1.165) is 39.7 Å². The number of nitrogens with zero attached hydrogens (tertiary/aromatic N) is 3. The van der Waals surface area contributed by atoms with E-state index < -0.39 is 6.09 Å². The number of aromatic nitrogens is 2. The highest BCUT2D eigenvalue weighted by molar-refractivity contribution is 5.99. The van der Waals surface area contributed by atoms with Crippen molar-refractivity contribution in [2.75, 3.05) is 29.5 Å². The number of pyridine rings is 2. The zero-order chi connectivity index (χ0) is 22.2. The Morgan fingerprint density at radius 2 is 2.16 bits per heavy atom. The number of carbonyl (C=O) groups excluding carboxylic acids is 1. The fourth-order valence-corrected chi connectivity index (χ4v) is 4.07. The predicted octanol–water partition coefficient (Wildman–Crippen LogP) is 3.84. The van der Waals surface area contributed by atoms with E-state index in [0.29, 0.717) is 36.8 Å². The summed E-state index contributed by atoms with van der Waals surface area (Å²) in [7, 11) is 0. The van der Waals surface area contributed by atoms with E-state index in [-0.39, 0.29) is 12.0 Å². The molecule has 3 heterocycles. The van der Waals surface area contributed by atoms with Gasteiger partial charge in [-0.05, 0) is 41.6 Å². The normalized spacial score (nSPS) is 19.0. The Kier molecular flexibility index (Phi) is 4.90. The van der Waals surface area contributed by atoms with Crippen LogP contribution in [0.5, 0.6) is 5.88 Å². The lowest BCUT2D eigenvalue weighted by Gasteiger charge is -2.29. The van der Waals surface area contributed by atoms with E-state index in [2.05, 4.69) is 26.7 Å². The Labute approximate surface area is 184 Å². The number of anilines is 3. The first-order valence-corrected chi connectivity index (χ1v) is 10.4. The Balaban J connectivity index is 1.42. The maximum atomic E-state index is 12.2. The molecule has 9 nitrogen and oxygen atoms in total. The molecule has 1 amide bonds. The highest BCUT2D eigenvalue weighted by Gasteiger charge is 2.32. The molecule has 5 rings (SSSR count). The second-order valence-electron chi connectivity index (χ2n) is 8.06. The van der Waals surface area contributed by atoms with E-state index in [1.807, 2.05) is 19.1 Å². The third kappa shape index (κ3) is 3.60. The van der Waals surface area contributed by atoms with Gasteiger partial charge in [0.1, 0.15) is 24.2 Å². The molecule has 3 aromatic rings. The minimum atomic E-state index is -0.580. The Morgan fingerprint density at radius 1 is 1.31 bits per heavy atom. The van der Waals surface area contributed by atoms with Gasteiger partial charge in [0, 0.05) is 48.4 Å². The molecule has 1 saturated carbocycles. The second kappa shape index (κ2) is 7.89. The topological polar surface area (TPSA) is 135 Å². The van der Waals surface area contributed by atoms with E-state index in [4.69, 9.17) is 20.5 Å². The number of nitrogens with two attached hydrogens (primary N) is 1. The molecule has 1 aromatic carbocycles. The SMILES string of the molecule is Cc1c(-c2cc(N)c3cnc(NC(=O)OC4CC(C#N)C4)cc3c2)cnc2c1NCCO2. The van der Waals surface area contributed by atoms with Gasteiger partial charge in [-0.1, -0.05) is 0 Å². The minimum Gasteiger partial charge on any atom is -0.474 e. The zero-order valence-corrected chi connectivity index (χ0v) is 17.5. The molecule has 0 saturated heterocycles. The molecular weight excluding hydrogens is 408 g/mol. The monoisotopic (exact) mass is 430 g/mol. The van der Waals surface area contributed by atoms with Gasteiger partial charge in [0.15, 0.2) is 0 Å².